The van der Waals surface area contributed by atoms with Gasteiger partial charge in [-0.2, -0.15) is 5.26 Å². The number of hydrogen-bond acceptors (Lipinski definition) is 3. The van der Waals surface area contributed by atoms with E-state index in [1.165, 1.54) is 6.08 Å². The lowest BCUT2D eigenvalue weighted by Gasteiger charge is -1.91. The highest BCUT2D eigenvalue weighted by Crippen LogP contribution is 2.10. The van der Waals surface area contributed by atoms with Crippen LogP contribution in [0, 0.1) is 18.3 Å². The molecular formula is C9H8N2OS. The molecule has 0 fully saturated rings. The van der Waals surface area contributed by atoms with Gasteiger partial charge in [-0.3, -0.25) is 0 Å². The van der Waals surface area contributed by atoms with E-state index >= 15 is 0 Å². The van der Waals surface area contributed by atoms with Gasteiger partial charge in [-0.25, -0.2) is 0 Å². The van der Waals surface area contributed by atoms with Crippen LogP contribution < -0.4 is 5.73 Å². The van der Waals surface area contributed by atoms with Crippen molar-refractivity contribution in [2.45, 2.75) is 6.92 Å². The van der Waals surface area contributed by atoms with E-state index in [1.807, 2.05) is 13.0 Å². The summed E-state index contributed by atoms with van der Waals surface area (Å²) >= 11 is 4.67. The number of thiocarbonyl (C=S) groups is 1. The van der Waals surface area contributed by atoms with Gasteiger partial charge in [0.15, 0.2) is 0 Å². The average molecular weight is 192 g/mol. The lowest BCUT2D eigenvalue weighted by atomic mass is 10.2. The molecule has 0 aliphatic carbocycles. The Morgan fingerprint density at radius 2 is 2.38 bits per heavy atom. The first-order chi connectivity index (χ1) is 6.13. The number of furan rings is 1. The molecule has 0 radical (unpaired) electrons. The predicted octanol–water partition coefficient (Wildman–Crippen LogP) is 1.78. The van der Waals surface area contributed by atoms with Crippen LogP contribution in [0.15, 0.2) is 22.1 Å². The van der Waals surface area contributed by atoms with Gasteiger partial charge in [0.1, 0.15) is 22.6 Å². The molecule has 0 unspecified atom stereocenters. The Bertz CT molecular complexity index is 398. The molecular weight excluding hydrogens is 184 g/mol. The van der Waals surface area contributed by atoms with Gasteiger partial charge in [-0.1, -0.05) is 12.2 Å². The molecule has 0 spiro atoms. The summed E-state index contributed by atoms with van der Waals surface area (Å²) < 4.78 is 5.22. The number of nitrogens with two attached hydrogens (primary N) is 1. The lowest BCUT2D eigenvalue weighted by Crippen LogP contribution is -2.09. The first-order valence-electron chi connectivity index (χ1n) is 3.61. The van der Waals surface area contributed by atoms with Crippen LogP contribution in [0.2, 0.25) is 0 Å². The molecule has 4 heteroatoms. The van der Waals surface area contributed by atoms with Gasteiger partial charge in [0.25, 0.3) is 0 Å². The van der Waals surface area contributed by atoms with Gasteiger partial charge in [-0.05, 0) is 19.1 Å². The second-order valence-electron chi connectivity index (χ2n) is 2.48. The number of nitriles is 1. The Hall–Kier alpha value is -1.60. The van der Waals surface area contributed by atoms with Gasteiger partial charge < -0.3 is 10.2 Å². The van der Waals surface area contributed by atoms with Crippen LogP contribution in [0.3, 0.4) is 0 Å². The second-order valence-corrected chi connectivity index (χ2v) is 2.92. The van der Waals surface area contributed by atoms with Gasteiger partial charge in [-0.15, -0.1) is 0 Å². The van der Waals surface area contributed by atoms with Crippen LogP contribution >= 0.6 is 12.2 Å². The van der Waals surface area contributed by atoms with Crippen molar-refractivity contribution in [3.63, 3.8) is 0 Å². The molecule has 0 amide bonds. The molecule has 1 aromatic rings. The average Bonchev–Trinajstić information content (AvgIpc) is 2.46. The first-order valence-corrected chi connectivity index (χ1v) is 4.02. The Labute approximate surface area is 81.5 Å². The molecule has 0 saturated heterocycles. The monoisotopic (exact) mass is 192 g/mol. The van der Waals surface area contributed by atoms with Gasteiger partial charge in [0.05, 0.1) is 5.57 Å². The highest BCUT2D eigenvalue weighted by Gasteiger charge is 2.01. The van der Waals surface area contributed by atoms with E-state index in [0.29, 0.717) is 5.76 Å². The summed E-state index contributed by atoms with van der Waals surface area (Å²) in [7, 11) is 0. The molecule has 0 atom stereocenters. The van der Waals surface area contributed by atoms with Crippen LogP contribution in [-0.2, 0) is 0 Å². The molecule has 0 bridgehead atoms. The number of nitrogens with zero attached hydrogens (tertiary/aromatic N) is 1. The minimum atomic E-state index is 0.0801. The number of aryl methyl sites for hydroxylation is 1. The maximum Gasteiger partial charge on any atom is 0.128 e. The van der Waals surface area contributed by atoms with E-state index < -0.39 is 0 Å². The van der Waals surface area contributed by atoms with Crippen LogP contribution in [0.1, 0.15) is 11.5 Å². The van der Waals surface area contributed by atoms with E-state index in [4.69, 9.17) is 15.4 Å². The fourth-order valence-corrected chi connectivity index (χ4v) is 0.936. The summed E-state index contributed by atoms with van der Waals surface area (Å²) in [4.78, 5) is 0.0801. The van der Waals surface area contributed by atoms with Crippen molar-refractivity contribution in [1.29, 1.82) is 5.26 Å². The summed E-state index contributed by atoms with van der Waals surface area (Å²) in [5.41, 5.74) is 5.55. The fraction of sp³-hybridized carbons (Fsp3) is 0.111. The molecule has 1 rings (SSSR count). The highest BCUT2D eigenvalue weighted by atomic mass is 32.1. The van der Waals surface area contributed by atoms with E-state index in [-0.39, 0.29) is 10.6 Å². The fourth-order valence-electron chi connectivity index (χ4n) is 0.832. The quantitative estimate of drug-likeness (QED) is 0.440. The molecule has 1 heterocycles. The molecule has 66 valence electrons. The molecule has 1 aromatic heterocycles. The second kappa shape index (κ2) is 3.87. The molecule has 0 aliphatic rings. The zero-order chi connectivity index (χ0) is 9.84. The summed E-state index contributed by atoms with van der Waals surface area (Å²) in [6.45, 7) is 1.82. The van der Waals surface area contributed by atoms with Crippen molar-refractivity contribution >= 4 is 23.3 Å². The van der Waals surface area contributed by atoms with Crippen molar-refractivity contribution in [1.82, 2.24) is 0 Å². The molecule has 0 aliphatic heterocycles. The van der Waals surface area contributed by atoms with Crippen molar-refractivity contribution < 1.29 is 4.42 Å². The third kappa shape index (κ3) is 2.42. The normalized spacial score (nSPS) is 10.9. The Kier molecular flexibility index (Phi) is 2.83. The van der Waals surface area contributed by atoms with Gasteiger partial charge >= 0.3 is 0 Å². The molecule has 2 N–H and O–H groups in total. The molecule has 13 heavy (non-hydrogen) atoms. The molecule has 3 nitrogen and oxygen atoms in total. The maximum atomic E-state index is 8.64. The number of rotatable bonds is 2. The summed E-state index contributed by atoms with van der Waals surface area (Å²) in [5, 5.41) is 8.64. The van der Waals surface area contributed by atoms with Crippen molar-refractivity contribution in [2.24, 2.45) is 5.73 Å². The zero-order valence-electron chi connectivity index (χ0n) is 7.07. The molecule has 0 aromatic carbocycles. The van der Waals surface area contributed by atoms with Crippen molar-refractivity contribution in [3.05, 3.63) is 29.2 Å². The van der Waals surface area contributed by atoms with E-state index in [9.17, 15) is 0 Å². The largest absolute Gasteiger partial charge is 0.462 e. The standard InChI is InChI=1S/C9H8N2OS/c1-6-2-3-8(12-6)4-7(5-10)9(11)13/h2-4H,1H3,(H2,11,13)/b7-4+. The van der Waals surface area contributed by atoms with Crippen LogP contribution in [0.25, 0.3) is 6.08 Å². The number of hydrogen-bond donors (Lipinski definition) is 1. The first kappa shape index (κ1) is 9.49. The minimum Gasteiger partial charge on any atom is -0.462 e. The Morgan fingerprint density at radius 1 is 1.69 bits per heavy atom. The third-order valence-electron chi connectivity index (χ3n) is 1.43. The maximum absolute atomic E-state index is 8.64. The minimum absolute atomic E-state index is 0.0801. The van der Waals surface area contributed by atoms with Crippen LogP contribution in [0.4, 0.5) is 0 Å². The van der Waals surface area contributed by atoms with Crippen molar-refractivity contribution in [2.75, 3.05) is 0 Å². The SMILES string of the molecule is Cc1ccc(/C=C(\C#N)C(N)=S)o1. The third-order valence-corrected chi connectivity index (χ3v) is 1.65. The topological polar surface area (TPSA) is 63.0 Å². The summed E-state index contributed by atoms with van der Waals surface area (Å²) in [6.07, 6.45) is 1.52. The van der Waals surface area contributed by atoms with Crippen LogP contribution in [0.5, 0.6) is 0 Å². The highest BCUT2D eigenvalue weighted by molar-refractivity contribution is 7.80. The van der Waals surface area contributed by atoms with E-state index in [2.05, 4.69) is 12.2 Å². The molecule has 0 saturated carbocycles. The smallest absolute Gasteiger partial charge is 0.128 e. The predicted molar refractivity (Wildman–Crippen MR) is 53.8 cm³/mol. The zero-order valence-corrected chi connectivity index (χ0v) is 7.89. The van der Waals surface area contributed by atoms with E-state index in [0.717, 1.165) is 5.76 Å². The Balaban J connectivity index is 3.00. The van der Waals surface area contributed by atoms with Gasteiger partial charge in [0.2, 0.25) is 0 Å². The summed E-state index contributed by atoms with van der Waals surface area (Å²) in [6, 6.07) is 5.45. The van der Waals surface area contributed by atoms with E-state index in [1.54, 1.807) is 12.1 Å². The van der Waals surface area contributed by atoms with Crippen LogP contribution in [-0.4, -0.2) is 4.99 Å². The Morgan fingerprint density at radius 3 is 2.77 bits per heavy atom. The van der Waals surface area contributed by atoms with Crippen molar-refractivity contribution in [3.8, 4) is 6.07 Å². The van der Waals surface area contributed by atoms with Gasteiger partial charge in [0, 0.05) is 6.08 Å². The lowest BCUT2D eigenvalue weighted by molar-refractivity contribution is 0.525. The summed E-state index contributed by atoms with van der Waals surface area (Å²) in [5.74, 6) is 1.37.